The molecular weight excluding hydrogens is 582 g/mol. The summed E-state index contributed by atoms with van der Waals surface area (Å²) in [6.45, 7) is 8.40. The van der Waals surface area contributed by atoms with Crippen LogP contribution in [0.3, 0.4) is 0 Å². The van der Waals surface area contributed by atoms with Crippen LogP contribution < -0.4 is 15.5 Å². The predicted octanol–water partition coefficient (Wildman–Crippen LogP) is 2.54. The van der Waals surface area contributed by atoms with Gasteiger partial charge < -0.3 is 30.4 Å². The molecule has 3 aromatic rings. The zero-order valence-electron chi connectivity index (χ0n) is 25.9. The Labute approximate surface area is 269 Å². The molecule has 3 saturated heterocycles. The SMILES string of the molecule is C=CCN1CC(=O)N2C(Cc3ccc(O)cc3)C(=O)N(Cc3ccccc3N3CCNCC3)CC2N1C(=O)NCc1ccccc1. The Balaban J connectivity index is 1.34. The van der Waals surface area contributed by atoms with Gasteiger partial charge in [-0.3, -0.25) is 9.59 Å². The van der Waals surface area contributed by atoms with Gasteiger partial charge in [0.25, 0.3) is 0 Å². The first kappa shape index (κ1) is 31.1. The normalized spacial score (nSPS) is 20.4. The number of carbonyl (C=O) groups is 3. The maximum Gasteiger partial charge on any atom is 0.334 e. The largest absolute Gasteiger partial charge is 0.508 e. The lowest BCUT2D eigenvalue weighted by Gasteiger charge is -2.55. The molecule has 0 saturated carbocycles. The molecule has 0 spiro atoms. The van der Waals surface area contributed by atoms with E-state index in [-0.39, 0.29) is 49.7 Å². The zero-order valence-corrected chi connectivity index (χ0v) is 25.9. The van der Waals surface area contributed by atoms with Gasteiger partial charge in [-0.1, -0.05) is 66.7 Å². The number of benzene rings is 3. The van der Waals surface area contributed by atoms with E-state index in [9.17, 15) is 19.5 Å². The lowest BCUT2D eigenvalue weighted by molar-refractivity contribution is -0.189. The number of nitrogens with one attached hydrogen (secondary N) is 2. The zero-order chi connectivity index (χ0) is 32.0. The van der Waals surface area contributed by atoms with Gasteiger partial charge in [-0.15, -0.1) is 6.58 Å². The van der Waals surface area contributed by atoms with Crippen LogP contribution in [0.1, 0.15) is 16.7 Å². The lowest BCUT2D eigenvalue weighted by atomic mass is 9.98. The average Bonchev–Trinajstić information content (AvgIpc) is 3.08. The third-order valence-corrected chi connectivity index (χ3v) is 8.84. The summed E-state index contributed by atoms with van der Waals surface area (Å²) in [4.78, 5) is 47.9. The van der Waals surface area contributed by atoms with E-state index in [2.05, 4.69) is 28.2 Å². The van der Waals surface area contributed by atoms with Crippen LogP contribution in [0, 0.1) is 0 Å². The topological polar surface area (TPSA) is 112 Å². The quantitative estimate of drug-likeness (QED) is 0.314. The van der Waals surface area contributed by atoms with E-state index in [1.54, 1.807) is 50.2 Å². The molecule has 0 aromatic heterocycles. The maximum atomic E-state index is 14.4. The van der Waals surface area contributed by atoms with Gasteiger partial charge in [-0.05, 0) is 34.9 Å². The highest BCUT2D eigenvalue weighted by molar-refractivity contribution is 5.92. The van der Waals surface area contributed by atoms with Gasteiger partial charge in [0.1, 0.15) is 18.0 Å². The average molecular weight is 624 g/mol. The van der Waals surface area contributed by atoms with Gasteiger partial charge in [0.05, 0.1) is 13.1 Å². The van der Waals surface area contributed by atoms with Crippen molar-refractivity contribution in [2.75, 3.05) is 50.7 Å². The van der Waals surface area contributed by atoms with E-state index >= 15 is 0 Å². The highest BCUT2D eigenvalue weighted by Crippen LogP contribution is 2.31. The van der Waals surface area contributed by atoms with Gasteiger partial charge in [0, 0.05) is 57.9 Å². The van der Waals surface area contributed by atoms with Crippen molar-refractivity contribution < 1.29 is 19.5 Å². The summed E-state index contributed by atoms with van der Waals surface area (Å²) in [7, 11) is 0. The van der Waals surface area contributed by atoms with Crippen molar-refractivity contribution in [2.24, 2.45) is 0 Å². The van der Waals surface area contributed by atoms with Crippen LogP contribution >= 0.6 is 0 Å². The summed E-state index contributed by atoms with van der Waals surface area (Å²) in [5.74, 6) is -0.273. The molecule has 3 aliphatic rings. The van der Waals surface area contributed by atoms with Crippen LogP contribution in [0.5, 0.6) is 5.75 Å². The molecule has 3 N–H and O–H groups in total. The predicted molar refractivity (Wildman–Crippen MR) is 175 cm³/mol. The minimum atomic E-state index is -0.836. The minimum Gasteiger partial charge on any atom is -0.508 e. The second-order valence-corrected chi connectivity index (χ2v) is 11.9. The molecule has 0 bridgehead atoms. The number of hydrazine groups is 1. The smallest absolute Gasteiger partial charge is 0.334 e. The Kier molecular flexibility index (Phi) is 9.51. The molecule has 2 atom stereocenters. The van der Waals surface area contributed by atoms with Gasteiger partial charge in [-0.25, -0.2) is 14.8 Å². The Hall–Kier alpha value is -4.87. The van der Waals surface area contributed by atoms with Crippen molar-refractivity contribution in [3.63, 3.8) is 0 Å². The van der Waals surface area contributed by atoms with Crippen LogP contribution in [0.15, 0.2) is 91.5 Å². The van der Waals surface area contributed by atoms with Crippen LogP contribution in [0.4, 0.5) is 10.5 Å². The van der Waals surface area contributed by atoms with Crippen molar-refractivity contribution in [3.8, 4) is 5.75 Å². The number of amides is 4. The monoisotopic (exact) mass is 623 g/mol. The molecule has 0 aliphatic carbocycles. The molecule has 4 amide bonds. The van der Waals surface area contributed by atoms with Gasteiger partial charge in [0.15, 0.2) is 0 Å². The molecule has 240 valence electrons. The highest BCUT2D eigenvalue weighted by Gasteiger charge is 2.51. The number of para-hydroxylation sites is 1. The number of carbonyl (C=O) groups excluding carboxylic acids is 3. The van der Waals surface area contributed by atoms with E-state index in [0.717, 1.165) is 48.6 Å². The molecule has 3 aliphatic heterocycles. The third-order valence-electron chi connectivity index (χ3n) is 8.84. The molecule has 6 rings (SSSR count). The standard InChI is InChI=1S/C35H41N7O4/c1-2-18-40-25-33(44)41-31(21-26-12-14-29(43)15-13-26)34(45)39(23-28-10-6-7-11-30(28)38-19-16-36-17-20-38)24-32(41)42(40)35(46)37-22-27-8-4-3-5-9-27/h2-15,31-32,36,43H,1,16-25H2,(H,37,46). The highest BCUT2D eigenvalue weighted by atomic mass is 16.3. The molecule has 0 radical (unpaired) electrons. The lowest BCUT2D eigenvalue weighted by Crippen LogP contribution is -2.76. The van der Waals surface area contributed by atoms with Gasteiger partial charge in [0.2, 0.25) is 11.8 Å². The van der Waals surface area contributed by atoms with Crippen LogP contribution in [0.25, 0.3) is 0 Å². The molecule has 46 heavy (non-hydrogen) atoms. The molecule has 11 heteroatoms. The van der Waals surface area contributed by atoms with Crippen LogP contribution in [-0.2, 0) is 29.1 Å². The van der Waals surface area contributed by atoms with Crippen LogP contribution in [-0.4, -0.2) is 101 Å². The molecule has 11 nitrogen and oxygen atoms in total. The number of nitrogens with zero attached hydrogens (tertiary/aromatic N) is 5. The number of rotatable bonds is 9. The molecule has 3 heterocycles. The molecular formula is C35H41N7O4. The molecule has 2 unspecified atom stereocenters. The van der Waals surface area contributed by atoms with E-state index in [1.807, 2.05) is 48.5 Å². The number of aromatic hydroxyl groups is 1. The van der Waals surface area contributed by atoms with Crippen molar-refractivity contribution >= 4 is 23.5 Å². The fourth-order valence-corrected chi connectivity index (χ4v) is 6.62. The number of hydrogen-bond donors (Lipinski definition) is 3. The van der Waals surface area contributed by atoms with E-state index in [0.29, 0.717) is 13.1 Å². The van der Waals surface area contributed by atoms with E-state index in [4.69, 9.17) is 0 Å². The van der Waals surface area contributed by atoms with E-state index in [1.165, 1.54) is 0 Å². The van der Waals surface area contributed by atoms with Crippen molar-refractivity contribution in [1.29, 1.82) is 0 Å². The van der Waals surface area contributed by atoms with Crippen molar-refractivity contribution in [1.82, 2.24) is 30.5 Å². The Morgan fingerprint density at radius 3 is 2.41 bits per heavy atom. The first-order chi connectivity index (χ1) is 22.4. The number of anilines is 1. The maximum absolute atomic E-state index is 14.4. The third kappa shape index (κ3) is 6.70. The Morgan fingerprint density at radius 1 is 0.957 bits per heavy atom. The summed E-state index contributed by atoms with van der Waals surface area (Å²) in [5, 5.41) is 19.6. The number of fused-ring (bicyclic) bond motifs is 1. The van der Waals surface area contributed by atoms with Crippen LogP contribution in [0.2, 0.25) is 0 Å². The number of hydrogen-bond acceptors (Lipinski definition) is 7. The summed E-state index contributed by atoms with van der Waals surface area (Å²) < 4.78 is 0. The first-order valence-corrected chi connectivity index (χ1v) is 15.8. The number of urea groups is 1. The summed E-state index contributed by atoms with van der Waals surface area (Å²) in [6.07, 6.45) is 1.19. The van der Waals surface area contributed by atoms with Gasteiger partial charge in [-0.2, -0.15) is 0 Å². The minimum absolute atomic E-state index is 0.0630. The summed E-state index contributed by atoms with van der Waals surface area (Å²) >= 11 is 0. The Bertz CT molecular complexity index is 1540. The molecule has 3 fully saturated rings. The summed E-state index contributed by atoms with van der Waals surface area (Å²) in [6, 6.07) is 23.3. The fourth-order valence-electron chi connectivity index (χ4n) is 6.62. The van der Waals surface area contributed by atoms with Gasteiger partial charge >= 0.3 is 6.03 Å². The van der Waals surface area contributed by atoms with Crippen molar-refractivity contribution in [2.45, 2.75) is 31.7 Å². The second-order valence-electron chi connectivity index (χ2n) is 11.9. The van der Waals surface area contributed by atoms with Crippen molar-refractivity contribution in [3.05, 3.63) is 108 Å². The number of phenolic OH excluding ortho intramolecular Hbond substituents is 1. The summed E-state index contributed by atoms with van der Waals surface area (Å²) in [5.41, 5.74) is 3.85. The molecule has 3 aromatic carbocycles. The number of piperazine rings is 2. The first-order valence-electron chi connectivity index (χ1n) is 15.8. The second kappa shape index (κ2) is 14.1. The van der Waals surface area contributed by atoms with E-state index < -0.39 is 12.2 Å². The number of phenols is 1. The Morgan fingerprint density at radius 2 is 1.67 bits per heavy atom. The fraction of sp³-hybridized carbons (Fsp3) is 0.343.